The van der Waals surface area contributed by atoms with Crippen molar-refractivity contribution in [1.82, 2.24) is 15.5 Å². The van der Waals surface area contributed by atoms with E-state index in [1.165, 1.54) is 0 Å². The summed E-state index contributed by atoms with van der Waals surface area (Å²) in [6.45, 7) is 6.05. The minimum absolute atomic E-state index is 0.151. The Morgan fingerprint density at radius 3 is 2.52 bits per heavy atom. The molecule has 0 spiro atoms. The summed E-state index contributed by atoms with van der Waals surface area (Å²) < 4.78 is 11.1. The lowest BCUT2D eigenvalue weighted by atomic mass is 10.0. The predicted octanol–water partition coefficient (Wildman–Crippen LogP) is 3.94. The van der Waals surface area contributed by atoms with Crippen molar-refractivity contribution in [3.8, 4) is 17.1 Å². The maximum absolute atomic E-state index is 12.4. The second kappa shape index (κ2) is 8.49. The number of hydrogen-bond donors (Lipinski definition) is 1. The summed E-state index contributed by atoms with van der Waals surface area (Å²) in [4.78, 5) is 16.7. The van der Waals surface area contributed by atoms with Gasteiger partial charge in [0.2, 0.25) is 11.7 Å². The second-order valence-corrected chi connectivity index (χ2v) is 6.55. The first-order valence-electron chi connectivity index (χ1n) is 8.96. The van der Waals surface area contributed by atoms with E-state index in [2.05, 4.69) is 29.3 Å². The van der Waals surface area contributed by atoms with E-state index in [1.54, 1.807) is 6.92 Å². The summed E-state index contributed by atoms with van der Waals surface area (Å²) in [7, 11) is 0. The van der Waals surface area contributed by atoms with E-state index < -0.39 is 6.10 Å². The molecule has 0 aliphatic heterocycles. The molecule has 0 aliphatic rings. The van der Waals surface area contributed by atoms with Gasteiger partial charge in [0, 0.05) is 5.56 Å². The highest BCUT2D eigenvalue weighted by Crippen LogP contribution is 2.26. The molecular weight excluding hydrogens is 342 g/mol. The van der Waals surface area contributed by atoms with Crippen LogP contribution in [-0.2, 0) is 11.3 Å². The van der Waals surface area contributed by atoms with Gasteiger partial charge in [-0.15, -0.1) is 0 Å². The van der Waals surface area contributed by atoms with Crippen molar-refractivity contribution >= 4 is 5.91 Å². The Hall–Kier alpha value is -3.15. The van der Waals surface area contributed by atoms with Gasteiger partial charge in [-0.2, -0.15) is 4.98 Å². The van der Waals surface area contributed by atoms with Crippen LogP contribution in [0.5, 0.6) is 5.75 Å². The summed E-state index contributed by atoms with van der Waals surface area (Å²) in [6.07, 6.45) is -0.638. The van der Waals surface area contributed by atoms with Gasteiger partial charge in [-0.1, -0.05) is 67.5 Å². The van der Waals surface area contributed by atoms with Crippen LogP contribution >= 0.6 is 0 Å². The summed E-state index contributed by atoms with van der Waals surface area (Å²) in [5.41, 5.74) is 1.93. The van der Waals surface area contributed by atoms with Crippen LogP contribution in [0, 0.1) is 0 Å². The molecule has 0 unspecified atom stereocenters. The molecule has 0 bridgehead atoms. The zero-order chi connectivity index (χ0) is 19.2. The predicted molar refractivity (Wildman–Crippen MR) is 102 cm³/mol. The van der Waals surface area contributed by atoms with E-state index in [-0.39, 0.29) is 12.5 Å². The molecule has 6 heteroatoms. The molecule has 0 aliphatic carbocycles. The van der Waals surface area contributed by atoms with Crippen molar-refractivity contribution in [3.05, 3.63) is 66.1 Å². The highest BCUT2D eigenvalue weighted by Gasteiger charge is 2.18. The van der Waals surface area contributed by atoms with Gasteiger partial charge in [0.05, 0.1) is 6.54 Å². The number of carbonyl (C=O) groups excluding carboxylic acids is 1. The van der Waals surface area contributed by atoms with Crippen molar-refractivity contribution < 1.29 is 14.1 Å². The van der Waals surface area contributed by atoms with Gasteiger partial charge in [-0.3, -0.25) is 4.79 Å². The molecule has 1 atom stereocenters. The fraction of sp³-hybridized carbons (Fsp3) is 0.286. The first kappa shape index (κ1) is 18.6. The first-order chi connectivity index (χ1) is 13.0. The third-order valence-corrected chi connectivity index (χ3v) is 4.13. The number of nitrogens with zero attached hydrogens (tertiary/aromatic N) is 2. The highest BCUT2D eigenvalue weighted by atomic mass is 16.5. The molecule has 1 amide bonds. The second-order valence-electron chi connectivity index (χ2n) is 6.55. The lowest BCUT2D eigenvalue weighted by molar-refractivity contribution is -0.127. The Labute approximate surface area is 158 Å². The molecule has 0 fully saturated rings. The van der Waals surface area contributed by atoms with E-state index in [0.717, 1.165) is 16.9 Å². The standard InChI is InChI=1S/C21H23N3O3/c1-14(2)17-11-7-8-12-18(17)26-15(3)21(25)22-13-19-23-20(24-27-19)16-9-5-4-6-10-16/h4-12,14-15H,13H2,1-3H3,(H,22,25)/t15-/m1/s1. The maximum Gasteiger partial charge on any atom is 0.261 e. The lowest BCUT2D eigenvalue weighted by Crippen LogP contribution is -2.36. The van der Waals surface area contributed by atoms with E-state index in [1.807, 2.05) is 54.6 Å². The Bertz CT molecular complexity index is 890. The molecule has 3 rings (SSSR count). The minimum Gasteiger partial charge on any atom is -0.481 e. The zero-order valence-electron chi connectivity index (χ0n) is 15.7. The van der Waals surface area contributed by atoms with E-state index in [9.17, 15) is 4.79 Å². The molecule has 6 nitrogen and oxygen atoms in total. The molecule has 0 radical (unpaired) electrons. The van der Waals surface area contributed by atoms with Gasteiger partial charge in [0.1, 0.15) is 5.75 Å². The van der Waals surface area contributed by atoms with Crippen LogP contribution in [-0.4, -0.2) is 22.2 Å². The molecule has 1 heterocycles. The van der Waals surface area contributed by atoms with Gasteiger partial charge in [-0.25, -0.2) is 0 Å². The van der Waals surface area contributed by atoms with E-state index >= 15 is 0 Å². The Kier molecular flexibility index (Phi) is 5.86. The number of benzene rings is 2. The molecule has 3 aromatic rings. The Morgan fingerprint density at radius 1 is 1.07 bits per heavy atom. The number of ether oxygens (including phenoxy) is 1. The number of carbonyl (C=O) groups is 1. The number of hydrogen-bond acceptors (Lipinski definition) is 5. The fourth-order valence-corrected chi connectivity index (χ4v) is 2.65. The smallest absolute Gasteiger partial charge is 0.261 e. The van der Waals surface area contributed by atoms with Gasteiger partial charge in [0.15, 0.2) is 6.10 Å². The molecule has 2 aromatic carbocycles. The maximum atomic E-state index is 12.4. The van der Waals surface area contributed by atoms with Crippen LogP contribution in [0.3, 0.4) is 0 Å². The summed E-state index contributed by atoms with van der Waals surface area (Å²) in [5, 5.41) is 6.71. The van der Waals surface area contributed by atoms with Crippen molar-refractivity contribution in [3.63, 3.8) is 0 Å². The summed E-state index contributed by atoms with van der Waals surface area (Å²) >= 11 is 0. The molecular formula is C21H23N3O3. The lowest BCUT2D eigenvalue weighted by Gasteiger charge is -2.18. The van der Waals surface area contributed by atoms with Gasteiger partial charge in [0.25, 0.3) is 5.91 Å². The van der Waals surface area contributed by atoms with Crippen LogP contribution in [0.15, 0.2) is 59.1 Å². The third kappa shape index (κ3) is 4.73. The Morgan fingerprint density at radius 2 is 1.78 bits per heavy atom. The third-order valence-electron chi connectivity index (χ3n) is 4.13. The Balaban J connectivity index is 1.57. The van der Waals surface area contributed by atoms with Crippen molar-refractivity contribution in [2.24, 2.45) is 0 Å². The average molecular weight is 365 g/mol. The molecule has 1 aromatic heterocycles. The van der Waals surface area contributed by atoms with Gasteiger partial charge < -0.3 is 14.6 Å². The molecule has 1 N–H and O–H groups in total. The van der Waals surface area contributed by atoms with Crippen molar-refractivity contribution in [1.29, 1.82) is 0 Å². The molecule has 27 heavy (non-hydrogen) atoms. The van der Waals surface area contributed by atoms with Crippen molar-refractivity contribution in [2.45, 2.75) is 39.3 Å². The van der Waals surface area contributed by atoms with E-state index in [0.29, 0.717) is 17.6 Å². The minimum atomic E-state index is -0.638. The average Bonchev–Trinajstić information content (AvgIpc) is 3.16. The number of amides is 1. The normalized spacial score (nSPS) is 12.0. The zero-order valence-corrected chi connectivity index (χ0v) is 15.7. The molecule has 0 saturated carbocycles. The summed E-state index contributed by atoms with van der Waals surface area (Å²) in [6, 6.07) is 17.3. The fourth-order valence-electron chi connectivity index (χ4n) is 2.65. The van der Waals surface area contributed by atoms with Gasteiger partial charge in [-0.05, 0) is 24.5 Å². The van der Waals surface area contributed by atoms with Gasteiger partial charge >= 0.3 is 0 Å². The van der Waals surface area contributed by atoms with Crippen LogP contribution in [0.2, 0.25) is 0 Å². The SMILES string of the molecule is CC(C)c1ccccc1O[C@H](C)C(=O)NCc1nc(-c2ccccc2)no1. The van der Waals surface area contributed by atoms with E-state index in [4.69, 9.17) is 9.26 Å². The van der Waals surface area contributed by atoms with Crippen LogP contribution < -0.4 is 10.1 Å². The quantitative estimate of drug-likeness (QED) is 0.686. The molecule has 0 saturated heterocycles. The number of aromatic nitrogens is 2. The highest BCUT2D eigenvalue weighted by molar-refractivity contribution is 5.80. The van der Waals surface area contributed by atoms with Crippen LogP contribution in [0.1, 0.15) is 38.1 Å². The number of para-hydroxylation sites is 1. The summed E-state index contributed by atoms with van der Waals surface area (Å²) in [5.74, 6) is 1.63. The molecule has 140 valence electrons. The van der Waals surface area contributed by atoms with Crippen molar-refractivity contribution in [2.75, 3.05) is 0 Å². The number of rotatable bonds is 7. The largest absolute Gasteiger partial charge is 0.481 e. The van der Waals surface area contributed by atoms with Crippen LogP contribution in [0.25, 0.3) is 11.4 Å². The van der Waals surface area contributed by atoms with Crippen LogP contribution in [0.4, 0.5) is 0 Å². The topological polar surface area (TPSA) is 77.2 Å². The first-order valence-corrected chi connectivity index (χ1v) is 8.96. The monoisotopic (exact) mass is 365 g/mol. The number of nitrogens with one attached hydrogen (secondary N) is 1.